The fourth-order valence-corrected chi connectivity index (χ4v) is 4.33. The van der Waals surface area contributed by atoms with Crippen LogP contribution in [0.2, 0.25) is 0 Å². The minimum atomic E-state index is -0.268. The summed E-state index contributed by atoms with van der Waals surface area (Å²) in [5.41, 5.74) is 3.43. The van der Waals surface area contributed by atoms with E-state index in [1.807, 2.05) is 30.1 Å². The molecule has 4 rings (SSSR count). The highest BCUT2D eigenvalue weighted by Crippen LogP contribution is 2.23. The van der Waals surface area contributed by atoms with Gasteiger partial charge in [-0.3, -0.25) is 9.59 Å². The fourth-order valence-electron chi connectivity index (χ4n) is 4.33. The first-order chi connectivity index (χ1) is 15.6. The number of hydrogen-bond acceptors (Lipinski definition) is 3. The Balaban J connectivity index is 1.54. The van der Waals surface area contributed by atoms with Crippen LogP contribution in [-0.2, 0) is 18.3 Å². The SMILES string of the molecule is CCCN1CCN(C(=O)c2nccn2C)C[C@@H](Cc2ccc(-c3ccccc3)cc2)C1=O. The molecular formula is C26H30N4O2. The fraction of sp³-hybridized carbons (Fsp3) is 0.346. The molecular weight excluding hydrogens is 400 g/mol. The number of benzene rings is 2. The quantitative estimate of drug-likeness (QED) is 0.600. The molecule has 0 unspecified atom stereocenters. The van der Waals surface area contributed by atoms with Crippen LogP contribution in [0.1, 0.15) is 29.5 Å². The van der Waals surface area contributed by atoms with Crippen molar-refractivity contribution >= 4 is 11.8 Å². The second-order valence-electron chi connectivity index (χ2n) is 8.40. The third-order valence-electron chi connectivity index (χ3n) is 6.08. The first-order valence-corrected chi connectivity index (χ1v) is 11.3. The van der Waals surface area contributed by atoms with Gasteiger partial charge < -0.3 is 14.4 Å². The van der Waals surface area contributed by atoms with Gasteiger partial charge in [0.05, 0.1) is 5.92 Å². The lowest BCUT2D eigenvalue weighted by molar-refractivity contribution is -0.134. The van der Waals surface area contributed by atoms with Crippen LogP contribution in [0.4, 0.5) is 0 Å². The molecule has 1 aliphatic heterocycles. The summed E-state index contributed by atoms with van der Waals surface area (Å²) < 4.78 is 1.73. The first-order valence-electron chi connectivity index (χ1n) is 11.3. The van der Waals surface area contributed by atoms with Crippen molar-refractivity contribution in [1.82, 2.24) is 19.4 Å². The van der Waals surface area contributed by atoms with Crippen LogP contribution in [0, 0.1) is 5.92 Å². The smallest absolute Gasteiger partial charge is 0.289 e. The minimum Gasteiger partial charge on any atom is -0.341 e. The molecule has 166 valence electrons. The molecule has 6 heteroatoms. The van der Waals surface area contributed by atoms with Crippen LogP contribution in [0.5, 0.6) is 0 Å². The van der Waals surface area contributed by atoms with Gasteiger partial charge in [-0.2, -0.15) is 0 Å². The molecule has 0 aliphatic carbocycles. The summed E-state index contributed by atoms with van der Waals surface area (Å²) in [6.07, 6.45) is 4.91. The zero-order valence-electron chi connectivity index (χ0n) is 18.8. The van der Waals surface area contributed by atoms with Crippen LogP contribution < -0.4 is 0 Å². The van der Waals surface area contributed by atoms with Crippen molar-refractivity contribution < 1.29 is 9.59 Å². The zero-order valence-corrected chi connectivity index (χ0v) is 18.8. The summed E-state index contributed by atoms with van der Waals surface area (Å²) in [6, 6.07) is 18.6. The number of hydrogen-bond donors (Lipinski definition) is 0. The van der Waals surface area contributed by atoms with E-state index in [1.165, 1.54) is 5.56 Å². The van der Waals surface area contributed by atoms with E-state index in [4.69, 9.17) is 0 Å². The van der Waals surface area contributed by atoms with E-state index in [0.717, 1.165) is 17.5 Å². The molecule has 2 heterocycles. The largest absolute Gasteiger partial charge is 0.341 e. The van der Waals surface area contributed by atoms with E-state index in [-0.39, 0.29) is 17.7 Å². The van der Waals surface area contributed by atoms with Crippen molar-refractivity contribution in [2.45, 2.75) is 19.8 Å². The lowest BCUT2D eigenvalue weighted by atomic mass is 9.95. The van der Waals surface area contributed by atoms with Gasteiger partial charge in [-0.15, -0.1) is 0 Å². The summed E-state index contributed by atoms with van der Waals surface area (Å²) in [6.45, 7) is 4.29. The molecule has 0 radical (unpaired) electrons. The lowest BCUT2D eigenvalue weighted by Crippen LogP contribution is -2.38. The summed E-state index contributed by atoms with van der Waals surface area (Å²) >= 11 is 0. The Morgan fingerprint density at radius 2 is 1.75 bits per heavy atom. The van der Waals surface area contributed by atoms with Gasteiger partial charge in [0.25, 0.3) is 5.91 Å². The molecule has 1 fully saturated rings. The number of imidazole rings is 1. The summed E-state index contributed by atoms with van der Waals surface area (Å²) in [7, 11) is 1.82. The molecule has 0 bridgehead atoms. The Hall–Kier alpha value is -3.41. The van der Waals surface area contributed by atoms with Crippen LogP contribution in [0.25, 0.3) is 11.1 Å². The third kappa shape index (κ3) is 4.74. The van der Waals surface area contributed by atoms with Gasteiger partial charge >= 0.3 is 0 Å². The maximum atomic E-state index is 13.3. The normalized spacial score (nSPS) is 16.8. The first kappa shape index (κ1) is 21.8. The zero-order chi connectivity index (χ0) is 22.5. The van der Waals surface area contributed by atoms with Crippen LogP contribution in [-0.4, -0.2) is 57.3 Å². The van der Waals surface area contributed by atoms with E-state index in [1.54, 1.807) is 21.9 Å². The number of nitrogens with zero attached hydrogens (tertiary/aromatic N) is 4. The maximum absolute atomic E-state index is 13.3. The molecule has 2 amide bonds. The van der Waals surface area contributed by atoms with E-state index < -0.39 is 0 Å². The van der Waals surface area contributed by atoms with Gasteiger partial charge in [0, 0.05) is 45.6 Å². The number of carbonyl (C=O) groups is 2. The Morgan fingerprint density at radius 3 is 2.41 bits per heavy atom. The second kappa shape index (κ2) is 9.81. The highest BCUT2D eigenvalue weighted by atomic mass is 16.2. The Bertz CT molecular complexity index is 1060. The molecule has 2 aromatic carbocycles. The molecule has 1 aliphatic rings. The topological polar surface area (TPSA) is 58.4 Å². The van der Waals surface area contributed by atoms with E-state index in [0.29, 0.717) is 38.4 Å². The van der Waals surface area contributed by atoms with Crippen molar-refractivity contribution in [1.29, 1.82) is 0 Å². The van der Waals surface area contributed by atoms with Crippen LogP contribution in [0.15, 0.2) is 67.0 Å². The molecule has 3 aromatic rings. The minimum absolute atomic E-state index is 0.118. The second-order valence-corrected chi connectivity index (χ2v) is 8.40. The van der Waals surface area contributed by atoms with Crippen molar-refractivity contribution in [2.24, 2.45) is 13.0 Å². The van der Waals surface area contributed by atoms with Gasteiger partial charge in [0.1, 0.15) is 0 Å². The number of aromatic nitrogens is 2. The van der Waals surface area contributed by atoms with E-state index in [9.17, 15) is 9.59 Å². The van der Waals surface area contributed by atoms with Crippen molar-refractivity contribution in [3.63, 3.8) is 0 Å². The Kier molecular flexibility index (Phi) is 6.69. The highest BCUT2D eigenvalue weighted by molar-refractivity contribution is 5.91. The number of aryl methyl sites for hydroxylation is 1. The molecule has 32 heavy (non-hydrogen) atoms. The predicted octanol–water partition coefficient (Wildman–Crippen LogP) is 3.64. The van der Waals surface area contributed by atoms with E-state index >= 15 is 0 Å². The Morgan fingerprint density at radius 1 is 1.03 bits per heavy atom. The van der Waals surface area contributed by atoms with Crippen LogP contribution in [0.3, 0.4) is 0 Å². The number of amides is 2. The van der Waals surface area contributed by atoms with Gasteiger partial charge in [0.2, 0.25) is 5.91 Å². The van der Waals surface area contributed by atoms with Crippen molar-refractivity contribution in [3.05, 3.63) is 78.4 Å². The highest BCUT2D eigenvalue weighted by Gasteiger charge is 2.33. The number of carbonyl (C=O) groups excluding carboxylic acids is 2. The summed E-state index contributed by atoms with van der Waals surface area (Å²) in [5.74, 6) is 0.158. The Labute approximate surface area is 189 Å². The van der Waals surface area contributed by atoms with Crippen molar-refractivity contribution in [3.8, 4) is 11.1 Å². The lowest BCUT2D eigenvalue weighted by Gasteiger charge is -2.24. The molecule has 1 atom stereocenters. The third-order valence-corrected chi connectivity index (χ3v) is 6.08. The summed E-state index contributed by atoms with van der Waals surface area (Å²) in [4.78, 5) is 34.4. The molecule has 6 nitrogen and oxygen atoms in total. The van der Waals surface area contributed by atoms with E-state index in [2.05, 4.69) is 48.3 Å². The molecule has 1 saturated heterocycles. The average Bonchev–Trinajstić information content (AvgIpc) is 3.19. The summed E-state index contributed by atoms with van der Waals surface area (Å²) in [5, 5.41) is 0. The monoisotopic (exact) mass is 430 g/mol. The van der Waals surface area contributed by atoms with Gasteiger partial charge in [0.15, 0.2) is 5.82 Å². The van der Waals surface area contributed by atoms with Gasteiger partial charge in [-0.05, 0) is 29.5 Å². The molecule has 1 aromatic heterocycles. The maximum Gasteiger partial charge on any atom is 0.289 e. The molecule has 0 spiro atoms. The average molecular weight is 431 g/mol. The van der Waals surface area contributed by atoms with Crippen LogP contribution >= 0.6 is 0 Å². The molecule has 0 N–H and O–H groups in total. The number of rotatable bonds is 6. The van der Waals surface area contributed by atoms with Gasteiger partial charge in [-0.25, -0.2) is 4.98 Å². The van der Waals surface area contributed by atoms with Gasteiger partial charge in [-0.1, -0.05) is 61.5 Å². The molecule has 0 saturated carbocycles. The predicted molar refractivity (Wildman–Crippen MR) is 125 cm³/mol. The standard InChI is InChI=1S/C26H30N4O2/c1-3-14-29-16-17-30(26(32)24-27-13-15-28(24)2)19-23(25(29)31)18-20-9-11-22(12-10-20)21-7-5-4-6-8-21/h4-13,15,23H,3,14,16-19H2,1-2H3/t23-/m1/s1. The van der Waals surface area contributed by atoms with Crippen molar-refractivity contribution in [2.75, 3.05) is 26.2 Å².